The van der Waals surface area contributed by atoms with E-state index in [1.807, 2.05) is 0 Å². The molecule has 5 rings (SSSR count). The zero-order valence-electron chi connectivity index (χ0n) is 17.9. The fourth-order valence-corrected chi connectivity index (χ4v) is 4.84. The van der Waals surface area contributed by atoms with Crippen LogP contribution in [-0.4, -0.2) is 82.0 Å². The smallest absolute Gasteiger partial charge is 0.305 e. The molecule has 0 bridgehead atoms. The van der Waals surface area contributed by atoms with Crippen molar-refractivity contribution in [3.8, 4) is 0 Å². The fourth-order valence-electron chi connectivity index (χ4n) is 4.84. The van der Waals surface area contributed by atoms with Gasteiger partial charge in [-0.2, -0.15) is 0 Å². The van der Waals surface area contributed by atoms with Crippen molar-refractivity contribution in [2.24, 2.45) is 0 Å². The van der Waals surface area contributed by atoms with E-state index in [9.17, 15) is 29.1 Å². The minimum atomic E-state index is -1.11. The van der Waals surface area contributed by atoms with Crippen LogP contribution in [0, 0.1) is 0 Å². The summed E-state index contributed by atoms with van der Waals surface area (Å²) < 4.78 is 5.32. The van der Waals surface area contributed by atoms with Gasteiger partial charge in [-0.05, 0) is 30.7 Å². The largest absolute Gasteiger partial charge is 0.481 e. The summed E-state index contributed by atoms with van der Waals surface area (Å²) in [6, 6.07) is 5.14. The number of ether oxygens (including phenoxy) is 1. The van der Waals surface area contributed by atoms with Gasteiger partial charge in [-0.1, -0.05) is 6.92 Å². The molecule has 33 heavy (non-hydrogen) atoms. The number of hydrogen-bond acceptors (Lipinski definition) is 7. The lowest BCUT2D eigenvalue weighted by molar-refractivity contribution is -0.138. The van der Waals surface area contributed by atoms with Crippen LogP contribution in [0.15, 0.2) is 24.3 Å². The number of hydrogen-bond donors (Lipinski definition) is 1. The minimum absolute atomic E-state index is 0.175. The molecule has 170 valence electrons. The Morgan fingerprint density at radius 1 is 0.879 bits per heavy atom. The van der Waals surface area contributed by atoms with Gasteiger partial charge in [-0.15, -0.1) is 0 Å². The molecule has 1 N–H and O–H groups in total. The molecule has 2 aromatic carbocycles. The molecule has 2 aromatic rings. The van der Waals surface area contributed by atoms with Gasteiger partial charge in [0.1, 0.15) is 0 Å². The number of carbonyl (C=O) groups excluding carboxylic acids is 4. The number of benzene rings is 2. The Balaban J connectivity index is 1.65. The first-order chi connectivity index (χ1) is 15.8. The summed E-state index contributed by atoms with van der Waals surface area (Å²) in [5.41, 5.74) is 0.829. The molecule has 10 heteroatoms. The Kier molecular flexibility index (Phi) is 4.98. The number of carbonyl (C=O) groups is 5. The Bertz CT molecular complexity index is 1180. The highest BCUT2D eigenvalue weighted by Crippen LogP contribution is 2.39. The van der Waals surface area contributed by atoms with E-state index in [1.165, 1.54) is 24.3 Å². The highest BCUT2D eigenvalue weighted by molar-refractivity contribution is 6.33. The maximum Gasteiger partial charge on any atom is 0.305 e. The van der Waals surface area contributed by atoms with Crippen LogP contribution in [-0.2, 0) is 9.53 Å². The van der Waals surface area contributed by atoms with Crippen molar-refractivity contribution in [2.45, 2.75) is 25.8 Å². The summed E-state index contributed by atoms with van der Waals surface area (Å²) in [6.45, 7) is 3.28. The summed E-state index contributed by atoms with van der Waals surface area (Å²) in [4.78, 5) is 65.5. The van der Waals surface area contributed by atoms with Crippen molar-refractivity contribution >= 4 is 40.4 Å². The molecule has 1 saturated heterocycles. The number of carboxylic acid groups (broad SMARTS) is 1. The van der Waals surface area contributed by atoms with Gasteiger partial charge in [0.05, 0.1) is 36.8 Å². The second kappa shape index (κ2) is 7.75. The quantitative estimate of drug-likeness (QED) is 0.679. The second-order valence-electron chi connectivity index (χ2n) is 8.20. The molecule has 1 unspecified atom stereocenters. The van der Waals surface area contributed by atoms with E-state index in [-0.39, 0.29) is 45.9 Å². The normalized spacial score (nSPS) is 19.4. The molecular weight excluding hydrogens is 430 g/mol. The van der Waals surface area contributed by atoms with Gasteiger partial charge in [-0.3, -0.25) is 28.9 Å². The van der Waals surface area contributed by atoms with E-state index in [1.54, 1.807) is 11.9 Å². The first-order valence-electron chi connectivity index (χ1n) is 10.8. The van der Waals surface area contributed by atoms with E-state index in [0.29, 0.717) is 26.3 Å². The van der Waals surface area contributed by atoms with Crippen LogP contribution >= 0.6 is 0 Å². The lowest BCUT2D eigenvalue weighted by atomic mass is 9.85. The maximum absolute atomic E-state index is 13.3. The van der Waals surface area contributed by atoms with Gasteiger partial charge in [0.25, 0.3) is 23.6 Å². The molecule has 1 fully saturated rings. The highest BCUT2D eigenvalue weighted by Gasteiger charge is 2.43. The number of carboxylic acids is 1. The van der Waals surface area contributed by atoms with Crippen LogP contribution in [0.5, 0.6) is 0 Å². The predicted octanol–water partition coefficient (Wildman–Crippen LogP) is 1.53. The molecule has 0 aromatic heterocycles. The third-order valence-electron chi connectivity index (χ3n) is 6.42. The van der Waals surface area contributed by atoms with Crippen LogP contribution < -0.4 is 0 Å². The van der Waals surface area contributed by atoms with Crippen LogP contribution in [0.1, 0.15) is 61.2 Å². The number of aliphatic carboxylic acids is 1. The lowest BCUT2D eigenvalue weighted by Gasteiger charge is -2.39. The van der Waals surface area contributed by atoms with Gasteiger partial charge in [0.2, 0.25) is 0 Å². The summed E-state index contributed by atoms with van der Waals surface area (Å²) in [7, 11) is 0. The van der Waals surface area contributed by atoms with Crippen molar-refractivity contribution in [2.75, 3.05) is 26.3 Å². The zero-order chi connectivity index (χ0) is 23.4. The number of amides is 4. The van der Waals surface area contributed by atoms with Crippen molar-refractivity contribution in [1.82, 2.24) is 14.9 Å². The van der Waals surface area contributed by atoms with Crippen molar-refractivity contribution in [3.63, 3.8) is 0 Å². The molecule has 3 aliphatic rings. The molecule has 1 atom stereocenters. The van der Waals surface area contributed by atoms with Gasteiger partial charge in [0, 0.05) is 35.0 Å². The number of morpholine rings is 1. The minimum Gasteiger partial charge on any atom is -0.481 e. The summed E-state index contributed by atoms with van der Waals surface area (Å²) >= 11 is 0. The number of hydrazine groups is 1. The standard InChI is InChI=1S/C23H21N3O7/c1-2-12(11-17(27)28)25-20(29)13-3-5-15-19-16(6-4-14(18(13)19)21(25)30)23(32)26(22(15)31)24-7-9-33-10-8-24/h3-6,12H,2,7-11H2,1H3,(H,27,28). The molecule has 0 radical (unpaired) electrons. The molecule has 3 heterocycles. The van der Waals surface area contributed by atoms with Crippen LogP contribution in [0.2, 0.25) is 0 Å². The SMILES string of the molecule is CCC(CC(=O)O)N1C(=O)c2ccc3c4c(ccc(c24)C1=O)C(=O)N(N1CCOCC1)C3=O. The van der Waals surface area contributed by atoms with Crippen molar-refractivity contribution in [1.29, 1.82) is 0 Å². The molecule has 4 amide bonds. The molecule has 0 saturated carbocycles. The number of imide groups is 2. The van der Waals surface area contributed by atoms with E-state index in [4.69, 9.17) is 4.74 Å². The van der Waals surface area contributed by atoms with E-state index in [0.717, 1.165) is 9.91 Å². The van der Waals surface area contributed by atoms with E-state index < -0.39 is 35.6 Å². The highest BCUT2D eigenvalue weighted by atomic mass is 16.5. The summed E-state index contributed by atoms with van der Waals surface area (Å²) in [5.74, 6) is -3.40. The number of nitrogens with zero attached hydrogens (tertiary/aromatic N) is 3. The van der Waals surface area contributed by atoms with Crippen molar-refractivity contribution < 1.29 is 33.8 Å². The molecule has 3 aliphatic heterocycles. The predicted molar refractivity (Wildman–Crippen MR) is 114 cm³/mol. The molecular formula is C23H21N3O7. The third kappa shape index (κ3) is 3.05. The van der Waals surface area contributed by atoms with E-state index in [2.05, 4.69) is 0 Å². The van der Waals surface area contributed by atoms with Gasteiger partial charge >= 0.3 is 5.97 Å². The Labute approximate surface area is 188 Å². The van der Waals surface area contributed by atoms with Crippen LogP contribution in [0.4, 0.5) is 0 Å². The van der Waals surface area contributed by atoms with Crippen LogP contribution in [0.25, 0.3) is 10.8 Å². The Morgan fingerprint density at radius 2 is 1.33 bits per heavy atom. The van der Waals surface area contributed by atoms with Gasteiger partial charge in [0.15, 0.2) is 0 Å². The lowest BCUT2D eigenvalue weighted by Crippen LogP contribution is -2.55. The molecule has 0 spiro atoms. The fraction of sp³-hybridized carbons (Fsp3) is 0.348. The van der Waals surface area contributed by atoms with Gasteiger partial charge < -0.3 is 9.84 Å². The first-order valence-corrected chi connectivity index (χ1v) is 10.8. The average molecular weight is 451 g/mol. The zero-order valence-corrected chi connectivity index (χ0v) is 17.9. The van der Waals surface area contributed by atoms with E-state index >= 15 is 0 Å². The molecule has 0 aliphatic carbocycles. The first kappa shape index (κ1) is 21.2. The summed E-state index contributed by atoms with van der Waals surface area (Å²) in [5, 5.41) is 12.5. The monoisotopic (exact) mass is 451 g/mol. The maximum atomic E-state index is 13.3. The molecule has 10 nitrogen and oxygen atoms in total. The average Bonchev–Trinajstić information content (AvgIpc) is 2.81. The Morgan fingerprint density at radius 3 is 1.76 bits per heavy atom. The van der Waals surface area contributed by atoms with Crippen molar-refractivity contribution in [3.05, 3.63) is 46.5 Å². The van der Waals surface area contributed by atoms with Crippen LogP contribution in [0.3, 0.4) is 0 Å². The second-order valence-corrected chi connectivity index (χ2v) is 8.20. The topological polar surface area (TPSA) is 125 Å². The summed E-state index contributed by atoms with van der Waals surface area (Å²) in [6.07, 6.45) is -0.0853. The Hall–Kier alpha value is -3.63. The van der Waals surface area contributed by atoms with Gasteiger partial charge in [-0.25, -0.2) is 10.0 Å². The third-order valence-corrected chi connectivity index (χ3v) is 6.42. The number of rotatable bonds is 5.